The highest BCUT2D eigenvalue weighted by molar-refractivity contribution is 7.47. The third kappa shape index (κ3) is 58.8. The Labute approximate surface area is 505 Å². The van der Waals surface area contributed by atoms with Gasteiger partial charge in [-0.3, -0.25) is 37.3 Å². The lowest BCUT2D eigenvalue weighted by Gasteiger charge is -2.21. The molecule has 5 atom stereocenters. The minimum atomic E-state index is -4.94. The number of aliphatic hydroxyl groups excluding tert-OH is 1. The van der Waals surface area contributed by atoms with Crippen LogP contribution in [0.3, 0.4) is 0 Å². The van der Waals surface area contributed by atoms with E-state index in [0.717, 1.165) is 108 Å². The van der Waals surface area contributed by atoms with Crippen LogP contribution >= 0.6 is 15.6 Å². The fraction of sp³-hybridized carbons (Fsp3) is 0.938. The van der Waals surface area contributed by atoms with Gasteiger partial charge in [0.1, 0.15) is 19.3 Å². The number of ether oxygens (including phenoxy) is 4. The van der Waals surface area contributed by atoms with Crippen molar-refractivity contribution in [3.8, 4) is 0 Å². The molecule has 0 aliphatic carbocycles. The molecule has 0 aromatic heterocycles. The maximum Gasteiger partial charge on any atom is 0.472 e. The number of carbonyl (C=O) groups is 4. The van der Waals surface area contributed by atoms with Crippen molar-refractivity contribution in [2.24, 2.45) is 23.7 Å². The predicted molar refractivity (Wildman–Crippen MR) is 331 cm³/mol. The molecule has 17 nitrogen and oxygen atoms in total. The molecule has 3 N–H and O–H groups in total. The van der Waals surface area contributed by atoms with Gasteiger partial charge in [-0.2, -0.15) is 0 Å². The van der Waals surface area contributed by atoms with Crippen LogP contribution in [0, 0.1) is 23.7 Å². The zero-order valence-electron chi connectivity index (χ0n) is 53.8. The molecule has 0 aromatic rings. The van der Waals surface area contributed by atoms with E-state index in [-0.39, 0.29) is 25.7 Å². The fourth-order valence-corrected chi connectivity index (χ4v) is 11.0. The minimum Gasteiger partial charge on any atom is -0.462 e. The van der Waals surface area contributed by atoms with E-state index in [4.69, 9.17) is 37.0 Å². The van der Waals surface area contributed by atoms with E-state index in [0.29, 0.717) is 37.5 Å². The minimum absolute atomic E-state index is 0.101. The average molecular weight is 1230 g/mol. The summed E-state index contributed by atoms with van der Waals surface area (Å²) in [6, 6.07) is 0. The summed E-state index contributed by atoms with van der Waals surface area (Å²) in [6.07, 6.45) is 33.8. The molecule has 0 aliphatic heterocycles. The number of phosphoric acid groups is 2. The van der Waals surface area contributed by atoms with Gasteiger partial charge in [0.2, 0.25) is 0 Å². The Hall–Kier alpha value is -1.94. The summed E-state index contributed by atoms with van der Waals surface area (Å²) >= 11 is 0. The molecular formula is C64H124O17P2. The van der Waals surface area contributed by atoms with Gasteiger partial charge < -0.3 is 33.8 Å². The van der Waals surface area contributed by atoms with Gasteiger partial charge >= 0.3 is 39.5 Å². The molecule has 0 saturated heterocycles. The zero-order chi connectivity index (χ0) is 61.8. The second kappa shape index (κ2) is 54.2. The molecule has 83 heavy (non-hydrogen) atoms. The van der Waals surface area contributed by atoms with Crippen molar-refractivity contribution in [1.29, 1.82) is 0 Å². The molecule has 0 saturated carbocycles. The molecule has 0 amide bonds. The van der Waals surface area contributed by atoms with Crippen LogP contribution in [0.25, 0.3) is 0 Å². The van der Waals surface area contributed by atoms with Gasteiger partial charge in [0.25, 0.3) is 0 Å². The first-order chi connectivity index (χ1) is 39.6. The molecule has 0 aliphatic rings. The van der Waals surface area contributed by atoms with Crippen LogP contribution in [0.1, 0.15) is 306 Å². The number of hydrogen-bond acceptors (Lipinski definition) is 15. The quantitative estimate of drug-likeness (QED) is 0.0222. The lowest BCUT2D eigenvalue weighted by atomic mass is 10.0. The average Bonchev–Trinajstić information content (AvgIpc) is 3.41. The second-order valence-corrected chi connectivity index (χ2v) is 28.0. The van der Waals surface area contributed by atoms with Gasteiger partial charge in [-0.15, -0.1) is 0 Å². The third-order valence-electron chi connectivity index (χ3n) is 14.6. The van der Waals surface area contributed by atoms with Crippen molar-refractivity contribution in [1.82, 2.24) is 0 Å². The molecule has 492 valence electrons. The lowest BCUT2D eigenvalue weighted by Crippen LogP contribution is -2.30. The maximum absolute atomic E-state index is 13.0. The van der Waals surface area contributed by atoms with Crippen LogP contribution in [-0.4, -0.2) is 96.7 Å². The van der Waals surface area contributed by atoms with Crippen LogP contribution in [0.15, 0.2) is 0 Å². The SMILES string of the molecule is CC(C)CCCCCCCCCCCCCC(=O)OC[C@H](COP(=O)(O)OC[C@@H](O)COP(=O)(O)OC[C@@H](COC(=O)CCCCCCCCC(C)C)OC(=O)CCCCCCCCCCC(C)C)OC(=O)CCCCCCCCC(C)C. The maximum atomic E-state index is 13.0. The second-order valence-electron chi connectivity index (χ2n) is 25.1. The van der Waals surface area contributed by atoms with Crippen molar-refractivity contribution in [3.05, 3.63) is 0 Å². The van der Waals surface area contributed by atoms with Crippen LogP contribution < -0.4 is 0 Å². The summed E-state index contributed by atoms with van der Waals surface area (Å²) in [4.78, 5) is 72.1. The first-order valence-electron chi connectivity index (χ1n) is 33.2. The fourth-order valence-electron chi connectivity index (χ4n) is 9.43. The number of esters is 4. The Morgan fingerprint density at radius 1 is 0.301 bits per heavy atom. The number of unbranched alkanes of at least 4 members (excludes halogenated alkanes) is 27. The molecule has 0 fully saturated rings. The Morgan fingerprint density at radius 2 is 0.506 bits per heavy atom. The number of carbonyl (C=O) groups excluding carboxylic acids is 4. The van der Waals surface area contributed by atoms with Gasteiger partial charge in [0.15, 0.2) is 12.2 Å². The number of phosphoric ester groups is 2. The normalized spacial score (nSPS) is 14.4. The predicted octanol–water partition coefficient (Wildman–Crippen LogP) is 17.4. The van der Waals surface area contributed by atoms with Crippen LogP contribution in [0.2, 0.25) is 0 Å². The van der Waals surface area contributed by atoms with Gasteiger partial charge in [0, 0.05) is 25.7 Å². The van der Waals surface area contributed by atoms with Gasteiger partial charge in [-0.1, -0.05) is 254 Å². The van der Waals surface area contributed by atoms with Gasteiger partial charge in [0.05, 0.1) is 26.4 Å². The smallest absolute Gasteiger partial charge is 0.462 e. The van der Waals surface area contributed by atoms with Crippen molar-refractivity contribution < 1.29 is 80.2 Å². The molecule has 0 aromatic carbocycles. The molecule has 0 spiro atoms. The summed E-state index contributed by atoms with van der Waals surface area (Å²) in [5, 5.41) is 10.5. The first-order valence-corrected chi connectivity index (χ1v) is 36.2. The number of rotatable bonds is 61. The lowest BCUT2D eigenvalue weighted by molar-refractivity contribution is -0.161. The van der Waals surface area contributed by atoms with E-state index in [1.807, 2.05) is 0 Å². The van der Waals surface area contributed by atoms with Crippen molar-refractivity contribution >= 4 is 39.5 Å². The highest BCUT2D eigenvalue weighted by atomic mass is 31.2. The van der Waals surface area contributed by atoms with Gasteiger partial charge in [-0.25, -0.2) is 9.13 Å². The van der Waals surface area contributed by atoms with Gasteiger partial charge in [-0.05, 0) is 49.4 Å². The van der Waals surface area contributed by atoms with E-state index < -0.39 is 97.5 Å². The molecule has 0 heterocycles. The van der Waals surface area contributed by atoms with Crippen LogP contribution in [0.5, 0.6) is 0 Å². The standard InChI is InChI=1S/C64H124O17P2/c1-54(2)40-32-24-16-12-10-9-11-13-18-28-36-44-61(66)74-50-60(81-64(69)47-39-31-23-21-27-35-43-57(7)8)53-79-83(72,73)77-49-58(65)48-76-82(70,71)78-52-59(51-75-62(67)45-37-29-22-20-26-34-42-56(5)6)80-63(68)46-38-30-19-15-14-17-25-33-41-55(3)4/h54-60,65H,9-53H2,1-8H3,(H,70,71)(H,72,73)/t58-,59+,60+/m0/s1. The number of aliphatic hydroxyl groups is 1. The Balaban J connectivity index is 5.22. The van der Waals surface area contributed by atoms with E-state index in [1.54, 1.807) is 0 Å². The summed E-state index contributed by atoms with van der Waals surface area (Å²) in [5.74, 6) is 0.693. The summed E-state index contributed by atoms with van der Waals surface area (Å²) in [5.41, 5.74) is 0. The molecule has 19 heteroatoms. The Bertz CT molecular complexity index is 1660. The molecule has 0 bridgehead atoms. The monoisotopic (exact) mass is 1230 g/mol. The van der Waals surface area contributed by atoms with E-state index in [1.165, 1.54) is 103 Å². The van der Waals surface area contributed by atoms with Crippen LogP contribution in [-0.2, 0) is 65.4 Å². The van der Waals surface area contributed by atoms with Crippen LogP contribution in [0.4, 0.5) is 0 Å². The molecule has 0 rings (SSSR count). The Kier molecular flexibility index (Phi) is 53.0. The molecule has 2 unspecified atom stereocenters. The first kappa shape index (κ1) is 81.1. The highest BCUT2D eigenvalue weighted by Gasteiger charge is 2.30. The summed E-state index contributed by atoms with van der Waals surface area (Å²) in [6.45, 7) is 13.9. The van der Waals surface area contributed by atoms with E-state index >= 15 is 0 Å². The highest BCUT2D eigenvalue weighted by Crippen LogP contribution is 2.45. The zero-order valence-corrected chi connectivity index (χ0v) is 55.6. The summed E-state index contributed by atoms with van der Waals surface area (Å²) < 4.78 is 67.9. The largest absolute Gasteiger partial charge is 0.472 e. The molecular weight excluding hydrogens is 1100 g/mol. The molecule has 0 radical (unpaired) electrons. The van der Waals surface area contributed by atoms with Crippen molar-refractivity contribution in [2.45, 2.75) is 324 Å². The third-order valence-corrected chi connectivity index (χ3v) is 16.5. The topological polar surface area (TPSA) is 237 Å². The number of hydrogen-bond donors (Lipinski definition) is 3. The Morgan fingerprint density at radius 3 is 0.747 bits per heavy atom. The van der Waals surface area contributed by atoms with E-state index in [2.05, 4.69) is 55.4 Å². The summed E-state index contributed by atoms with van der Waals surface area (Å²) in [7, 11) is -9.89. The van der Waals surface area contributed by atoms with Crippen molar-refractivity contribution in [3.63, 3.8) is 0 Å². The van der Waals surface area contributed by atoms with Crippen molar-refractivity contribution in [2.75, 3.05) is 39.6 Å². The van der Waals surface area contributed by atoms with E-state index in [9.17, 15) is 43.2 Å².